The third-order valence-electron chi connectivity index (χ3n) is 2.11. The van der Waals surface area contributed by atoms with Crippen molar-refractivity contribution < 1.29 is 14.7 Å². The van der Waals surface area contributed by atoms with Gasteiger partial charge in [-0.1, -0.05) is 6.92 Å². The first-order valence-electron chi connectivity index (χ1n) is 4.62. The van der Waals surface area contributed by atoms with E-state index in [2.05, 4.69) is 0 Å². The molecular weight excluding hydrogens is 214 g/mol. The van der Waals surface area contributed by atoms with Gasteiger partial charge in [0.25, 0.3) is 0 Å². The van der Waals surface area contributed by atoms with Crippen molar-refractivity contribution >= 4 is 28.9 Å². The molecule has 0 spiro atoms. The van der Waals surface area contributed by atoms with Crippen LogP contribution in [0.4, 0.5) is 5.69 Å². The normalized spacial score (nSPS) is 12.1. The molecule has 1 atom stereocenters. The van der Waals surface area contributed by atoms with Gasteiger partial charge in [0.1, 0.15) is 6.04 Å². The minimum Gasteiger partial charge on any atom is -0.480 e. The lowest BCUT2D eigenvalue weighted by Crippen LogP contribution is -2.43. The SMILES string of the molecule is CCC(C(=O)O)N(C(C)=O)c1ccsc1. The smallest absolute Gasteiger partial charge is 0.326 e. The van der Waals surface area contributed by atoms with Crippen LogP contribution in [-0.2, 0) is 9.59 Å². The van der Waals surface area contributed by atoms with Crippen molar-refractivity contribution in [2.75, 3.05) is 4.90 Å². The fourth-order valence-corrected chi connectivity index (χ4v) is 2.07. The Labute approximate surface area is 92.1 Å². The van der Waals surface area contributed by atoms with E-state index in [1.807, 2.05) is 5.38 Å². The molecule has 1 rings (SSSR count). The summed E-state index contributed by atoms with van der Waals surface area (Å²) in [7, 11) is 0. The van der Waals surface area contributed by atoms with E-state index in [1.165, 1.54) is 23.2 Å². The van der Waals surface area contributed by atoms with Crippen LogP contribution in [0.15, 0.2) is 16.8 Å². The number of amides is 1. The van der Waals surface area contributed by atoms with Crippen molar-refractivity contribution in [3.8, 4) is 0 Å². The number of carbonyl (C=O) groups excluding carboxylic acids is 1. The minimum atomic E-state index is -0.973. The van der Waals surface area contributed by atoms with Gasteiger partial charge in [0.2, 0.25) is 5.91 Å². The Hall–Kier alpha value is -1.36. The van der Waals surface area contributed by atoms with E-state index in [1.54, 1.807) is 18.4 Å². The lowest BCUT2D eigenvalue weighted by molar-refractivity contribution is -0.140. The Kier molecular flexibility index (Phi) is 3.85. The largest absolute Gasteiger partial charge is 0.480 e. The molecule has 0 aliphatic heterocycles. The Bertz CT molecular complexity index is 348. The van der Waals surface area contributed by atoms with Crippen LogP contribution in [-0.4, -0.2) is 23.0 Å². The number of carboxylic acid groups (broad SMARTS) is 1. The number of rotatable bonds is 4. The quantitative estimate of drug-likeness (QED) is 0.855. The van der Waals surface area contributed by atoms with Crippen LogP contribution in [0, 0.1) is 0 Å². The highest BCUT2D eigenvalue weighted by molar-refractivity contribution is 7.08. The average molecular weight is 227 g/mol. The van der Waals surface area contributed by atoms with Gasteiger partial charge in [-0.25, -0.2) is 4.79 Å². The molecule has 1 aromatic rings. The van der Waals surface area contributed by atoms with Gasteiger partial charge in [0.05, 0.1) is 5.69 Å². The van der Waals surface area contributed by atoms with Crippen LogP contribution in [0.25, 0.3) is 0 Å². The molecule has 5 heteroatoms. The second-order valence-electron chi connectivity index (χ2n) is 3.13. The van der Waals surface area contributed by atoms with Gasteiger partial charge in [0, 0.05) is 12.3 Å². The van der Waals surface area contributed by atoms with E-state index in [0.717, 1.165) is 0 Å². The summed E-state index contributed by atoms with van der Waals surface area (Å²) in [6, 6.07) is 0.967. The van der Waals surface area contributed by atoms with Crippen molar-refractivity contribution in [1.82, 2.24) is 0 Å². The zero-order valence-electron chi connectivity index (χ0n) is 8.64. The maximum atomic E-state index is 11.4. The van der Waals surface area contributed by atoms with Crippen molar-refractivity contribution in [2.24, 2.45) is 0 Å². The average Bonchev–Trinajstić information content (AvgIpc) is 2.64. The molecular formula is C10H13NO3S. The second kappa shape index (κ2) is 4.93. The number of anilines is 1. The molecule has 1 aromatic heterocycles. The molecule has 0 bridgehead atoms. The van der Waals surface area contributed by atoms with Gasteiger partial charge < -0.3 is 5.11 Å². The van der Waals surface area contributed by atoms with Crippen molar-refractivity contribution in [2.45, 2.75) is 26.3 Å². The summed E-state index contributed by atoms with van der Waals surface area (Å²) in [6.07, 6.45) is 0.394. The molecule has 15 heavy (non-hydrogen) atoms. The van der Waals surface area contributed by atoms with Crippen molar-refractivity contribution in [3.05, 3.63) is 16.8 Å². The summed E-state index contributed by atoms with van der Waals surface area (Å²) in [5.74, 6) is -1.22. The second-order valence-corrected chi connectivity index (χ2v) is 3.91. The summed E-state index contributed by atoms with van der Waals surface area (Å²) < 4.78 is 0. The van der Waals surface area contributed by atoms with Gasteiger partial charge >= 0.3 is 5.97 Å². The number of nitrogens with zero attached hydrogens (tertiary/aromatic N) is 1. The number of hydrogen-bond donors (Lipinski definition) is 1. The highest BCUT2D eigenvalue weighted by atomic mass is 32.1. The van der Waals surface area contributed by atoms with E-state index in [0.29, 0.717) is 12.1 Å². The predicted octanol–water partition coefficient (Wildman–Crippen LogP) is 1.96. The molecule has 1 N–H and O–H groups in total. The molecule has 0 aliphatic rings. The van der Waals surface area contributed by atoms with E-state index in [-0.39, 0.29) is 5.91 Å². The number of aliphatic carboxylic acids is 1. The third-order valence-corrected chi connectivity index (χ3v) is 2.78. The molecule has 0 saturated heterocycles. The first kappa shape index (κ1) is 11.7. The topological polar surface area (TPSA) is 57.6 Å². The molecule has 1 unspecified atom stereocenters. The minimum absolute atomic E-state index is 0.248. The van der Waals surface area contributed by atoms with Crippen LogP contribution in [0.5, 0.6) is 0 Å². The van der Waals surface area contributed by atoms with E-state index < -0.39 is 12.0 Å². The van der Waals surface area contributed by atoms with Crippen LogP contribution >= 0.6 is 11.3 Å². The number of carboxylic acids is 1. The van der Waals surface area contributed by atoms with Crippen LogP contribution in [0.2, 0.25) is 0 Å². The molecule has 0 aliphatic carbocycles. The van der Waals surface area contributed by atoms with Crippen molar-refractivity contribution in [1.29, 1.82) is 0 Å². The van der Waals surface area contributed by atoms with Crippen LogP contribution in [0.3, 0.4) is 0 Å². The highest BCUT2D eigenvalue weighted by Crippen LogP contribution is 2.22. The summed E-state index contributed by atoms with van der Waals surface area (Å²) in [5.41, 5.74) is 0.654. The molecule has 4 nitrogen and oxygen atoms in total. The molecule has 1 heterocycles. The first-order valence-corrected chi connectivity index (χ1v) is 5.57. The van der Waals surface area contributed by atoms with Gasteiger partial charge in [-0.05, 0) is 17.9 Å². The summed E-state index contributed by atoms with van der Waals surface area (Å²) in [6.45, 7) is 3.13. The Morgan fingerprint density at radius 1 is 1.60 bits per heavy atom. The third kappa shape index (κ3) is 2.56. The van der Waals surface area contributed by atoms with E-state index >= 15 is 0 Å². The fourth-order valence-electron chi connectivity index (χ4n) is 1.44. The number of hydrogen-bond acceptors (Lipinski definition) is 3. The standard InChI is InChI=1S/C10H13NO3S/c1-3-9(10(13)14)11(7(2)12)8-4-5-15-6-8/h4-6,9H,3H2,1-2H3,(H,13,14). The van der Waals surface area contributed by atoms with Crippen LogP contribution < -0.4 is 4.90 Å². The number of thiophene rings is 1. The zero-order chi connectivity index (χ0) is 11.4. The predicted molar refractivity (Wildman–Crippen MR) is 59.2 cm³/mol. The molecule has 1 amide bonds. The lowest BCUT2D eigenvalue weighted by Gasteiger charge is -2.25. The van der Waals surface area contributed by atoms with Crippen molar-refractivity contribution in [3.63, 3.8) is 0 Å². The lowest BCUT2D eigenvalue weighted by atomic mass is 10.2. The van der Waals surface area contributed by atoms with Gasteiger partial charge in [-0.3, -0.25) is 9.69 Å². The molecule has 82 valence electrons. The summed E-state index contributed by atoms with van der Waals surface area (Å²) in [5, 5.41) is 12.6. The Morgan fingerprint density at radius 2 is 2.27 bits per heavy atom. The van der Waals surface area contributed by atoms with Crippen LogP contribution in [0.1, 0.15) is 20.3 Å². The fraction of sp³-hybridized carbons (Fsp3) is 0.400. The van der Waals surface area contributed by atoms with E-state index in [9.17, 15) is 9.59 Å². The Morgan fingerprint density at radius 3 is 2.60 bits per heavy atom. The molecule has 0 saturated carbocycles. The monoisotopic (exact) mass is 227 g/mol. The maximum Gasteiger partial charge on any atom is 0.326 e. The highest BCUT2D eigenvalue weighted by Gasteiger charge is 2.27. The van der Waals surface area contributed by atoms with Gasteiger partial charge in [-0.2, -0.15) is 11.3 Å². The molecule has 0 radical (unpaired) electrons. The van der Waals surface area contributed by atoms with Gasteiger partial charge in [-0.15, -0.1) is 0 Å². The molecule has 0 aromatic carbocycles. The number of carbonyl (C=O) groups is 2. The zero-order valence-corrected chi connectivity index (χ0v) is 9.45. The van der Waals surface area contributed by atoms with E-state index in [4.69, 9.17) is 5.11 Å². The summed E-state index contributed by atoms with van der Waals surface area (Å²) in [4.78, 5) is 23.7. The first-order chi connectivity index (χ1) is 7.07. The summed E-state index contributed by atoms with van der Waals surface area (Å²) >= 11 is 1.44. The van der Waals surface area contributed by atoms with Gasteiger partial charge in [0.15, 0.2) is 0 Å². The molecule has 0 fully saturated rings. The Balaban J connectivity index is 3.02. The maximum absolute atomic E-state index is 11.4.